The third kappa shape index (κ3) is 5.88. The van der Waals surface area contributed by atoms with E-state index in [-0.39, 0.29) is 24.9 Å². The summed E-state index contributed by atoms with van der Waals surface area (Å²) in [6.07, 6.45) is 2.02. The highest BCUT2D eigenvalue weighted by atomic mass is 16.5. The van der Waals surface area contributed by atoms with Gasteiger partial charge in [0.2, 0.25) is 0 Å². The fraction of sp³-hybridized carbons (Fsp3) is 0.562. The highest BCUT2D eigenvalue weighted by Crippen LogP contribution is 2.18. The van der Waals surface area contributed by atoms with Gasteiger partial charge in [0.15, 0.2) is 0 Å². The molecule has 0 aliphatic heterocycles. The van der Waals surface area contributed by atoms with Crippen molar-refractivity contribution in [2.75, 3.05) is 6.61 Å². The van der Waals surface area contributed by atoms with Crippen LogP contribution in [0, 0.1) is 11.8 Å². The summed E-state index contributed by atoms with van der Waals surface area (Å²) in [5.74, 6) is 0.772. The van der Waals surface area contributed by atoms with E-state index in [4.69, 9.17) is 4.74 Å². The van der Waals surface area contributed by atoms with E-state index in [1.807, 2.05) is 18.2 Å². The van der Waals surface area contributed by atoms with E-state index in [2.05, 4.69) is 20.8 Å². The van der Waals surface area contributed by atoms with Crippen LogP contribution in [0.5, 0.6) is 5.75 Å². The number of hydrogen-bond donors (Lipinski definition) is 1. The van der Waals surface area contributed by atoms with Crippen LogP contribution in [-0.2, 0) is 11.2 Å². The second kappa shape index (κ2) is 7.95. The van der Waals surface area contributed by atoms with Gasteiger partial charge in [-0.1, -0.05) is 32.9 Å². The van der Waals surface area contributed by atoms with E-state index >= 15 is 0 Å². The summed E-state index contributed by atoms with van der Waals surface area (Å²) in [6.45, 7) is 6.26. The molecule has 1 unspecified atom stereocenters. The number of esters is 1. The number of aryl methyl sites for hydroxylation is 1. The van der Waals surface area contributed by atoms with Crippen molar-refractivity contribution in [1.82, 2.24) is 0 Å². The van der Waals surface area contributed by atoms with Gasteiger partial charge in [-0.05, 0) is 42.4 Å². The Labute approximate surface area is 115 Å². The maximum atomic E-state index is 11.8. The van der Waals surface area contributed by atoms with Gasteiger partial charge in [0.1, 0.15) is 5.75 Å². The van der Waals surface area contributed by atoms with Gasteiger partial charge in [-0.2, -0.15) is 0 Å². The molecule has 1 atom stereocenters. The van der Waals surface area contributed by atoms with Crippen LogP contribution < -0.4 is 4.74 Å². The summed E-state index contributed by atoms with van der Waals surface area (Å²) in [5.41, 5.74) is 1.14. The van der Waals surface area contributed by atoms with Crippen LogP contribution in [0.1, 0.15) is 39.2 Å². The van der Waals surface area contributed by atoms with E-state index in [1.165, 1.54) is 0 Å². The Morgan fingerprint density at radius 2 is 2.11 bits per heavy atom. The van der Waals surface area contributed by atoms with Crippen LogP contribution in [-0.4, -0.2) is 17.7 Å². The fourth-order valence-electron chi connectivity index (χ4n) is 2.13. The summed E-state index contributed by atoms with van der Waals surface area (Å²) >= 11 is 0. The molecule has 0 aliphatic rings. The highest BCUT2D eigenvalue weighted by Gasteiger charge is 2.16. The monoisotopic (exact) mass is 264 g/mol. The van der Waals surface area contributed by atoms with Gasteiger partial charge in [0.25, 0.3) is 0 Å². The third-order valence-electron chi connectivity index (χ3n) is 3.06. The van der Waals surface area contributed by atoms with Crippen molar-refractivity contribution in [2.45, 2.75) is 40.0 Å². The lowest BCUT2D eigenvalue weighted by atomic mass is 9.95. The predicted octanol–water partition coefficient (Wildman–Crippen LogP) is 3.20. The molecular weight excluding hydrogens is 240 g/mol. The van der Waals surface area contributed by atoms with Crippen molar-refractivity contribution >= 4 is 5.97 Å². The van der Waals surface area contributed by atoms with Crippen LogP contribution in [0.4, 0.5) is 0 Å². The SMILES string of the molecule is CCc1cccc(OC(=O)CC(CO)CC(C)C)c1. The molecule has 3 nitrogen and oxygen atoms in total. The normalized spacial score (nSPS) is 12.5. The molecule has 0 saturated carbocycles. The molecule has 0 aromatic heterocycles. The third-order valence-corrected chi connectivity index (χ3v) is 3.06. The summed E-state index contributed by atoms with van der Waals surface area (Å²) in [4.78, 5) is 11.8. The van der Waals surface area contributed by atoms with E-state index in [0.29, 0.717) is 11.7 Å². The Morgan fingerprint density at radius 3 is 2.68 bits per heavy atom. The predicted molar refractivity (Wildman–Crippen MR) is 76.1 cm³/mol. The lowest BCUT2D eigenvalue weighted by Gasteiger charge is -2.15. The minimum Gasteiger partial charge on any atom is -0.427 e. The lowest BCUT2D eigenvalue weighted by Crippen LogP contribution is -2.18. The first-order valence-corrected chi connectivity index (χ1v) is 6.95. The van der Waals surface area contributed by atoms with Gasteiger partial charge in [-0.25, -0.2) is 0 Å². The minimum absolute atomic E-state index is 0.0122. The van der Waals surface area contributed by atoms with Crippen LogP contribution in [0.2, 0.25) is 0 Å². The number of aliphatic hydroxyl groups excluding tert-OH is 1. The average molecular weight is 264 g/mol. The van der Waals surface area contributed by atoms with Gasteiger partial charge in [-0.3, -0.25) is 4.79 Å². The number of hydrogen-bond acceptors (Lipinski definition) is 3. The van der Waals surface area contributed by atoms with Crippen molar-refractivity contribution in [1.29, 1.82) is 0 Å². The Balaban J connectivity index is 2.53. The first-order valence-electron chi connectivity index (χ1n) is 6.95. The molecular formula is C16H24O3. The standard InChI is InChI=1S/C16H24O3/c1-4-13-6-5-7-15(9-13)19-16(18)10-14(11-17)8-12(2)3/h5-7,9,12,14,17H,4,8,10-11H2,1-3H3. The van der Waals surface area contributed by atoms with Crippen LogP contribution >= 0.6 is 0 Å². The lowest BCUT2D eigenvalue weighted by molar-refractivity contribution is -0.135. The maximum Gasteiger partial charge on any atom is 0.311 e. The van der Waals surface area contributed by atoms with Crippen LogP contribution in [0.3, 0.4) is 0 Å². The zero-order valence-electron chi connectivity index (χ0n) is 12.1. The maximum absolute atomic E-state index is 11.8. The average Bonchev–Trinajstić information content (AvgIpc) is 2.37. The van der Waals surface area contributed by atoms with E-state index in [9.17, 15) is 9.90 Å². The quantitative estimate of drug-likeness (QED) is 0.607. The topological polar surface area (TPSA) is 46.5 Å². The molecule has 3 heteroatoms. The molecule has 0 spiro atoms. The summed E-state index contributed by atoms with van der Waals surface area (Å²) in [5, 5.41) is 9.26. The van der Waals surface area contributed by atoms with Crippen molar-refractivity contribution in [2.24, 2.45) is 11.8 Å². The molecule has 0 aliphatic carbocycles. The minimum atomic E-state index is -0.270. The Hall–Kier alpha value is -1.35. The number of carbonyl (C=O) groups excluding carboxylic acids is 1. The number of carbonyl (C=O) groups is 1. The molecule has 1 aromatic carbocycles. The number of rotatable bonds is 7. The fourth-order valence-corrected chi connectivity index (χ4v) is 2.13. The van der Waals surface area contributed by atoms with Crippen LogP contribution in [0.15, 0.2) is 24.3 Å². The molecule has 0 heterocycles. The number of benzene rings is 1. The molecule has 0 bridgehead atoms. The number of ether oxygens (including phenoxy) is 1. The molecule has 19 heavy (non-hydrogen) atoms. The molecule has 0 radical (unpaired) electrons. The van der Waals surface area contributed by atoms with Crippen molar-refractivity contribution in [3.05, 3.63) is 29.8 Å². The van der Waals surface area contributed by atoms with Gasteiger partial charge in [-0.15, -0.1) is 0 Å². The Morgan fingerprint density at radius 1 is 1.37 bits per heavy atom. The van der Waals surface area contributed by atoms with Crippen molar-refractivity contribution in [3.63, 3.8) is 0 Å². The second-order valence-electron chi connectivity index (χ2n) is 5.36. The summed E-state index contributed by atoms with van der Waals surface area (Å²) in [6, 6.07) is 7.56. The second-order valence-corrected chi connectivity index (χ2v) is 5.36. The highest BCUT2D eigenvalue weighted by molar-refractivity contribution is 5.72. The number of aliphatic hydroxyl groups is 1. The van der Waals surface area contributed by atoms with Gasteiger partial charge >= 0.3 is 5.97 Å². The van der Waals surface area contributed by atoms with E-state index in [0.717, 1.165) is 18.4 Å². The van der Waals surface area contributed by atoms with Gasteiger partial charge in [0, 0.05) is 6.61 Å². The largest absolute Gasteiger partial charge is 0.427 e. The molecule has 0 amide bonds. The molecule has 1 N–H and O–H groups in total. The molecule has 1 rings (SSSR count). The molecule has 106 valence electrons. The Kier molecular flexibility index (Phi) is 6.57. The molecule has 1 aromatic rings. The van der Waals surface area contributed by atoms with Gasteiger partial charge in [0.05, 0.1) is 6.42 Å². The van der Waals surface area contributed by atoms with E-state index < -0.39 is 0 Å². The van der Waals surface area contributed by atoms with E-state index in [1.54, 1.807) is 6.07 Å². The van der Waals surface area contributed by atoms with Gasteiger partial charge < -0.3 is 9.84 Å². The first kappa shape index (κ1) is 15.7. The van der Waals surface area contributed by atoms with Crippen molar-refractivity contribution in [3.8, 4) is 5.75 Å². The van der Waals surface area contributed by atoms with Crippen molar-refractivity contribution < 1.29 is 14.6 Å². The summed E-state index contributed by atoms with van der Waals surface area (Å²) < 4.78 is 5.32. The Bertz CT molecular complexity index is 399. The molecule has 0 saturated heterocycles. The zero-order valence-corrected chi connectivity index (χ0v) is 12.1. The molecule has 0 fully saturated rings. The van der Waals surface area contributed by atoms with Crippen LogP contribution in [0.25, 0.3) is 0 Å². The first-order chi connectivity index (χ1) is 9.05. The smallest absolute Gasteiger partial charge is 0.311 e. The summed E-state index contributed by atoms with van der Waals surface area (Å²) in [7, 11) is 0. The zero-order chi connectivity index (χ0) is 14.3.